The molecule has 7 heteroatoms. The minimum atomic E-state index is -3.86. The number of amides is 2. The molecular weight excluding hydrogens is 364 g/mol. The molecule has 0 saturated carbocycles. The number of sulfone groups is 1. The van der Waals surface area contributed by atoms with E-state index < -0.39 is 33.2 Å². The minimum Gasteiger partial charge on any atom is -0.338 e. The van der Waals surface area contributed by atoms with E-state index in [1.807, 2.05) is 49.4 Å². The summed E-state index contributed by atoms with van der Waals surface area (Å²) in [6.45, 7) is 4.42. The molecule has 6 nitrogen and oxygen atoms in total. The lowest BCUT2D eigenvalue weighted by atomic mass is 10.2. The monoisotopic (exact) mass is 388 g/mol. The number of benzene rings is 2. The highest BCUT2D eigenvalue weighted by Gasteiger charge is 2.24. The molecule has 0 aliphatic carbocycles. The van der Waals surface area contributed by atoms with Crippen molar-refractivity contribution in [3.8, 4) is 0 Å². The molecule has 0 radical (unpaired) electrons. The summed E-state index contributed by atoms with van der Waals surface area (Å²) in [5, 5.41) is 2.54. The molecule has 0 fully saturated rings. The lowest BCUT2D eigenvalue weighted by Crippen LogP contribution is -2.37. The number of hydrogen-bond acceptors (Lipinski definition) is 4. The first-order chi connectivity index (χ1) is 12.8. The molecule has 0 unspecified atom stereocenters. The van der Waals surface area contributed by atoms with Gasteiger partial charge in [-0.1, -0.05) is 48.0 Å². The molecule has 1 N–H and O–H groups in total. The third-order valence-corrected chi connectivity index (χ3v) is 5.37. The normalized spacial score (nSPS) is 11.0. The number of nitrogens with zero attached hydrogens (tertiary/aromatic N) is 1. The van der Waals surface area contributed by atoms with Crippen LogP contribution in [0.5, 0.6) is 0 Å². The van der Waals surface area contributed by atoms with Gasteiger partial charge in [-0.2, -0.15) is 0 Å². The predicted molar refractivity (Wildman–Crippen MR) is 106 cm³/mol. The Morgan fingerprint density at radius 2 is 1.59 bits per heavy atom. The third-order valence-electron chi connectivity index (χ3n) is 3.98. The van der Waals surface area contributed by atoms with E-state index in [9.17, 15) is 18.0 Å². The van der Waals surface area contributed by atoms with Crippen LogP contribution in [0.1, 0.15) is 18.1 Å². The molecule has 0 heterocycles. The van der Waals surface area contributed by atoms with E-state index in [4.69, 9.17) is 0 Å². The Hall–Kier alpha value is -2.67. The molecule has 0 aliphatic rings. The maximum absolute atomic E-state index is 12.4. The van der Waals surface area contributed by atoms with Crippen molar-refractivity contribution >= 4 is 27.3 Å². The quantitative estimate of drug-likeness (QED) is 0.753. The van der Waals surface area contributed by atoms with Gasteiger partial charge in [0.25, 0.3) is 0 Å². The molecule has 2 rings (SSSR count). The predicted octanol–water partition coefficient (Wildman–Crippen LogP) is 2.40. The first kappa shape index (κ1) is 20.6. The number of carbonyl (C=O) groups is 2. The fraction of sp³-hybridized carbons (Fsp3) is 0.300. The van der Waals surface area contributed by atoms with Gasteiger partial charge in [0, 0.05) is 18.8 Å². The van der Waals surface area contributed by atoms with E-state index >= 15 is 0 Å². The van der Waals surface area contributed by atoms with Crippen molar-refractivity contribution in [2.45, 2.75) is 20.4 Å². The number of nitrogens with one attached hydrogen (secondary N) is 1. The van der Waals surface area contributed by atoms with Crippen LogP contribution in [0.4, 0.5) is 5.69 Å². The number of rotatable bonds is 8. The van der Waals surface area contributed by atoms with Gasteiger partial charge in [0.05, 0.1) is 0 Å². The number of hydrogen-bond donors (Lipinski definition) is 1. The molecule has 0 atom stereocenters. The second kappa shape index (κ2) is 9.32. The Balaban J connectivity index is 1.93. The van der Waals surface area contributed by atoms with Crippen LogP contribution in [0.3, 0.4) is 0 Å². The Bertz CT molecular complexity index is 878. The van der Waals surface area contributed by atoms with E-state index in [1.54, 1.807) is 19.1 Å². The minimum absolute atomic E-state index is 0.335. The Kier molecular flexibility index (Phi) is 7.12. The van der Waals surface area contributed by atoms with Crippen LogP contribution in [0.15, 0.2) is 54.6 Å². The zero-order chi connectivity index (χ0) is 19.9. The van der Waals surface area contributed by atoms with Crippen LogP contribution in [0, 0.1) is 6.92 Å². The maximum Gasteiger partial charge on any atom is 0.239 e. The lowest BCUT2D eigenvalue weighted by Gasteiger charge is -2.21. The molecule has 0 spiro atoms. The fourth-order valence-electron chi connectivity index (χ4n) is 2.54. The Morgan fingerprint density at radius 1 is 0.963 bits per heavy atom. The summed E-state index contributed by atoms with van der Waals surface area (Å²) in [5.74, 6) is -2.58. The molecule has 2 aromatic carbocycles. The SMILES string of the molecule is CCN(Cc1ccccc1)C(=O)CS(=O)(=O)CC(=O)Nc1ccc(C)cc1. The smallest absolute Gasteiger partial charge is 0.239 e. The summed E-state index contributed by atoms with van der Waals surface area (Å²) < 4.78 is 24.5. The molecule has 27 heavy (non-hydrogen) atoms. The zero-order valence-electron chi connectivity index (χ0n) is 15.5. The van der Waals surface area contributed by atoms with Crippen molar-refractivity contribution in [1.82, 2.24) is 4.90 Å². The standard InChI is InChI=1S/C20H24N2O4S/c1-3-22(13-17-7-5-4-6-8-17)20(24)15-27(25,26)14-19(23)21-18-11-9-16(2)10-12-18/h4-12H,3,13-15H2,1-2H3,(H,21,23). The van der Waals surface area contributed by atoms with Gasteiger partial charge in [-0.05, 0) is 31.5 Å². The second-order valence-electron chi connectivity index (χ2n) is 6.34. The molecular formula is C20H24N2O4S. The van der Waals surface area contributed by atoms with Gasteiger partial charge in [-0.3, -0.25) is 9.59 Å². The van der Waals surface area contributed by atoms with Crippen LogP contribution in [0.2, 0.25) is 0 Å². The van der Waals surface area contributed by atoms with Crippen molar-refractivity contribution in [2.24, 2.45) is 0 Å². The topological polar surface area (TPSA) is 83.6 Å². The van der Waals surface area contributed by atoms with Crippen LogP contribution in [0.25, 0.3) is 0 Å². The Morgan fingerprint density at radius 3 is 2.19 bits per heavy atom. The molecule has 0 aromatic heterocycles. The lowest BCUT2D eigenvalue weighted by molar-refractivity contribution is -0.128. The Labute approximate surface area is 160 Å². The zero-order valence-corrected chi connectivity index (χ0v) is 16.3. The van der Waals surface area contributed by atoms with Gasteiger partial charge < -0.3 is 10.2 Å². The highest BCUT2D eigenvalue weighted by molar-refractivity contribution is 7.92. The first-order valence-corrected chi connectivity index (χ1v) is 10.5. The summed E-state index contributed by atoms with van der Waals surface area (Å²) in [7, 11) is -3.86. The maximum atomic E-state index is 12.4. The fourth-order valence-corrected chi connectivity index (χ4v) is 3.68. The van der Waals surface area contributed by atoms with Crippen LogP contribution >= 0.6 is 0 Å². The van der Waals surface area contributed by atoms with Crippen LogP contribution in [-0.4, -0.2) is 43.2 Å². The number of carbonyl (C=O) groups excluding carboxylic acids is 2. The number of anilines is 1. The van der Waals surface area contributed by atoms with Gasteiger partial charge in [0.1, 0.15) is 11.5 Å². The van der Waals surface area contributed by atoms with E-state index in [2.05, 4.69) is 5.32 Å². The highest BCUT2D eigenvalue weighted by Crippen LogP contribution is 2.09. The summed E-state index contributed by atoms with van der Waals surface area (Å²) in [5.41, 5.74) is 2.47. The van der Waals surface area contributed by atoms with E-state index in [1.165, 1.54) is 4.90 Å². The third kappa shape index (κ3) is 6.86. The van der Waals surface area contributed by atoms with Crippen LogP contribution in [-0.2, 0) is 26.0 Å². The highest BCUT2D eigenvalue weighted by atomic mass is 32.2. The summed E-state index contributed by atoms with van der Waals surface area (Å²) in [6.07, 6.45) is 0. The average Bonchev–Trinajstić information content (AvgIpc) is 2.61. The van der Waals surface area contributed by atoms with E-state index in [-0.39, 0.29) is 0 Å². The van der Waals surface area contributed by atoms with Crippen LogP contribution < -0.4 is 5.32 Å². The van der Waals surface area contributed by atoms with Gasteiger partial charge in [-0.25, -0.2) is 8.42 Å². The van der Waals surface area contributed by atoms with Crippen molar-refractivity contribution in [1.29, 1.82) is 0 Å². The summed E-state index contributed by atoms with van der Waals surface area (Å²) >= 11 is 0. The summed E-state index contributed by atoms with van der Waals surface area (Å²) in [4.78, 5) is 25.9. The van der Waals surface area contributed by atoms with Crippen molar-refractivity contribution in [3.05, 3.63) is 65.7 Å². The van der Waals surface area contributed by atoms with Crippen molar-refractivity contribution in [2.75, 3.05) is 23.4 Å². The van der Waals surface area contributed by atoms with Gasteiger partial charge in [0.15, 0.2) is 9.84 Å². The van der Waals surface area contributed by atoms with E-state index in [0.29, 0.717) is 18.8 Å². The molecule has 0 bridgehead atoms. The molecule has 0 saturated heterocycles. The van der Waals surface area contributed by atoms with Gasteiger partial charge in [0.2, 0.25) is 11.8 Å². The van der Waals surface area contributed by atoms with E-state index in [0.717, 1.165) is 11.1 Å². The summed E-state index contributed by atoms with van der Waals surface area (Å²) in [6, 6.07) is 16.4. The first-order valence-electron chi connectivity index (χ1n) is 8.67. The molecule has 0 aliphatic heterocycles. The molecule has 144 valence electrons. The van der Waals surface area contributed by atoms with Crippen molar-refractivity contribution < 1.29 is 18.0 Å². The average molecular weight is 388 g/mol. The largest absolute Gasteiger partial charge is 0.338 e. The second-order valence-corrected chi connectivity index (χ2v) is 8.40. The van der Waals surface area contributed by atoms with Gasteiger partial charge in [-0.15, -0.1) is 0 Å². The van der Waals surface area contributed by atoms with Gasteiger partial charge >= 0.3 is 0 Å². The molecule has 2 aromatic rings. The number of aryl methyl sites for hydroxylation is 1. The van der Waals surface area contributed by atoms with Crippen molar-refractivity contribution in [3.63, 3.8) is 0 Å². The molecule has 2 amide bonds.